The lowest BCUT2D eigenvalue weighted by Crippen LogP contribution is -2.30. The standard InChI is InChI=1S/C20H21N3O2/c24-18-12-15-23(20(25)22-18)14-7-13-21-19(16-8-3-1-4-9-16)17-10-5-2-6-11-17/h1-6,8-12,15,19,21H,7,13-14H2,(H,22,24,25). The normalized spacial score (nSPS) is 10.9. The fraction of sp³-hybridized carbons (Fsp3) is 0.200. The van der Waals surface area contributed by atoms with Crippen LogP contribution in [0.3, 0.4) is 0 Å². The van der Waals surface area contributed by atoms with Gasteiger partial charge in [-0.05, 0) is 24.1 Å². The number of nitrogens with zero attached hydrogens (tertiary/aromatic N) is 1. The van der Waals surface area contributed by atoms with Crippen molar-refractivity contribution < 1.29 is 0 Å². The minimum atomic E-state index is -0.368. The molecular formula is C20H21N3O2. The molecule has 128 valence electrons. The fourth-order valence-corrected chi connectivity index (χ4v) is 2.84. The van der Waals surface area contributed by atoms with Gasteiger partial charge in [0.1, 0.15) is 0 Å². The van der Waals surface area contributed by atoms with Crippen LogP contribution in [0.4, 0.5) is 0 Å². The third kappa shape index (κ3) is 4.55. The Balaban J connectivity index is 1.65. The van der Waals surface area contributed by atoms with Gasteiger partial charge in [-0.15, -0.1) is 0 Å². The van der Waals surface area contributed by atoms with Gasteiger partial charge in [-0.25, -0.2) is 4.79 Å². The summed E-state index contributed by atoms with van der Waals surface area (Å²) in [5, 5.41) is 3.57. The van der Waals surface area contributed by atoms with Crippen LogP contribution in [0, 0.1) is 0 Å². The molecule has 0 bridgehead atoms. The number of aromatic amines is 1. The van der Waals surface area contributed by atoms with Crippen molar-refractivity contribution >= 4 is 0 Å². The molecule has 5 nitrogen and oxygen atoms in total. The van der Waals surface area contributed by atoms with E-state index in [1.54, 1.807) is 0 Å². The Hall–Kier alpha value is -2.92. The molecule has 3 aromatic rings. The van der Waals surface area contributed by atoms with Gasteiger partial charge in [-0.3, -0.25) is 9.78 Å². The van der Waals surface area contributed by atoms with E-state index in [1.807, 2.05) is 36.4 Å². The second-order valence-electron chi connectivity index (χ2n) is 5.87. The van der Waals surface area contributed by atoms with Gasteiger partial charge in [0.25, 0.3) is 5.56 Å². The first-order valence-corrected chi connectivity index (χ1v) is 8.37. The summed E-state index contributed by atoms with van der Waals surface area (Å²) in [7, 11) is 0. The Labute approximate surface area is 146 Å². The molecule has 0 radical (unpaired) electrons. The molecule has 0 unspecified atom stereocenters. The molecule has 1 heterocycles. The molecule has 0 aliphatic carbocycles. The van der Waals surface area contributed by atoms with Crippen molar-refractivity contribution in [2.24, 2.45) is 0 Å². The van der Waals surface area contributed by atoms with Gasteiger partial charge in [-0.1, -0.05) is 60.7 Å². The number of nitrogens with one attached hydrogen (secondary N) is 2. The quantitative estimate of drug-likeness (QED) is 0.651. The number of hydrogen-bond acceptors (Lipinski definition) is 3. The SMILES string of the molecule is O=c1ccn(CCCNC(c2ccccc2)c2ccccc2)c(=O)[nH]1. The maximum Gasteiger partial charge on any atom is 0.328 e. The van der Waals surface area contributed by atoms with Crippen molar-refractivity contribution in [3.8, 4) is 0 Å². The van der Waals surface area contributed by atoms with Crippen LogP contribution < -0.4 is 16.6 Å². The third-order valence-electron chi connectivity index (χ3n) is 4.09. The molecule has 25 heavy (non-hydrogen) atoms. The van der Waals surface area contributed by atoms with Gasteiger partial charge in [0.05, 0.1) is 6.04 Å². The average molecular weight is 335 g/mol. The van der Waals surface area contributed by atoms with E-state index in [2.05, 4.69) is 34.6 Å². The Morgan fingerprint density at radius 1 is 0.880 bits per heavy atom. The molecule has 0 atom stereocenters. The van der Waals surface area contributed by atoms with Crippen LogP contribution in [-0.4, -0.2) is 16.1 Å². The van der Waals surface area contributed by atoms with Crippen LogP contribution >= 0.6 is 0 Å². The molecule has 0 amide bonds. The smallest absolute Gasteiger partial charge is 0.306 e. The topological polar surface area (TPSA) is 66.9 Å². The van der Waals surface area contributed by atoms with Crippen molar-refractivity contribution in [2.75, 3.05) is 6.54 Å². The van der Waals surface area contributed by atoms with Crippen molar-refractivity contribution in [1.29, 1.82) is 0 Å². The van der Waals surface area contributed by atoms with Crippen molar-refractivity contribution in [1.82, 2.24) is 14.9 Å². The summed E-state index contributed by atoms with van der Waals surface area (Å²) in [6, 6.07) is 22.1. The van der Waals surface area contributed by atoms with Crippen LogP contribution in [-0.2, 0) is 6.54 Å². The van der Waals surface area contributed by atoms with E-state index in [0.29, 0.717) is 6.54 Å². The lowest BCUT2D eigenvalue weighted by atomic mass is 9.99. The van der Waals surface area contributed by atoms with E-state index in [0.717, 1.165) is 13.0 Å². The molecule has 2 N–H and O–H groups in total. The van der Waals surface area contributed by atoms with Crippen LogP contribution in [0.1, 0.15) is 23.6 Å². The number of hydrogen-bond donors (Lipinski definition) is 2. The van der Waals surface area contributed by atoms with Crippen LogP contribution in [0.2, 0.25) is 0 Å². The molecule has 0 saturated heterocycles. The summed E-state index contributed by atoms with van der Waals surface area (Å²) in [6.45, 7) is 1.30. The zero-order valence-corrected chi connectivity index (χ0v) is 13.9. The lowest BCUT2D eigenvalue weighted by Gasteiger charge is -2.20. The summed E-state index contributed by atoms with van der Waals surface area (Å²) < 4.78 is 1.52. The average Bonchev–Trinajstić information content (AvgIpc) is 2.65. The molecule has 1 aromatic heterocycles. The van der Waals surface area contributed by atoms with Gasteiger partial charge < -0.3 is 9.88 Å². The fourth-order valence-electron chi connectivity index (χ4n) is 2.84. The van der Waals surface area contributed by atoms with Crippen LogP contribution in [0.5, 0.6) is 0 Å². The summed E-state index contributed by atoms with van der Waals surface area (Å²) in [4.78, 5) is 25.1. The molecule has 2 aromatic carbocycles. The van der Waals surface area contributed by atoms with Gasteiger partial charge in [-0.2, -0.15) is 0 Å². The molecular weight excluding hydrogens is 314 g/mol. The minimum Gasteiger partial charge on any atom is -0.306 e. The second kappa shape index (κ2) is 8.26. The Morgan fingerprint density at radius 3 is 2.04 bits per heavy atom. The lowest BCUT2D eigenvalue weighted by molar-refractivity contribution is 0.531. The largest absolute Gasteiger partial charge is 0.328 e. The summed E-state index contributed by atoms with van der Waals surface area (Å²) >= 11 is 0. The highest BCUT2D eigenvalue weighted by molar-refractivity contribution is 5.31. The van der Waals surface area contributed by atoms with E-state index in [4.69, 9.17) is 0 Å². The highest BCUT2D eigenvalue weighted by Crippen LogP contribution is 2.21. The molecule has 0 aliphatic rings. The van der Waals surface area contributed by atoms with E-state index >= 15 is 0 Å². The molecule has 0 aliphatic heterocycles. The van der Waals surface area contributed by atoms with Gasteiger partial charge in [0.15, 0.2) is 0 Å². The first-order chi connectivity index (χ1) is 12.2. The van der Waals surface area contributed by atoms with Crippen molar-refractivity contribution in [3.63, 3.8) is 0 Å². The maximum absolute atomic E-state index is 11.7. The first-order valence-electron chi connectivity index (χ1n) is 8.37. The number of aromatic nitrogens is 2. The summed E-state index contributed by atoms with van der Waals surface area (Å²) in [6.07, 6.45) is 2.31. The third-order valence-corrected chi connectivity index (χ3v) is 4.09. The van der Waals surface area contributed by atoms with Crippen LogP contribution in [0.15, 0.2) is 82.5 Å². The van der Waals surface area contributed by atoms with Gasteiger partial charge in [0, 0.05) is 18.8 Å². The predicted molar refractivity (Wildman–Crippen MR) is 98.7 cm³/mol. The molecule has 3 rings (SSSR count). The molecule has 0 saturated carbocycles. The second-order valence-corrected chi connectivity index (χ2v) is 5.87. The molecule has 0 fully saturated rings. The Bertz CT molecular complexity index is 862. The van der Waals surface area contributed by atoms with Crippen molar-refractivity contribution in [2.45, 2.75) is 19.0 Å². The van der Waals surface area contributed by atoms with Gasteiger partial charge >= 0.3 is 5.69 Å². The zero-order valence-electron chi connectivity index (χ0n) is 13.9. The number of benzene rings is 2. The Kier molecular flexibility index (Phi) is 5.59. The number of aryl methyl sites for hydroxylation is 1. The highest BCUT2D eigenvalue weighted by atomic mass is 16.2. The number of H-pyrrole nitrogens is 1. The molecule has 5 heteroatoms. The van der Waals surface area contributed by atoms with E-state index in [1.165, 1.54) is 28.0 Å². The van der Waals surface area contributed by atoms with Crippen LogP contribution in [0.25, 0.3) is 0 Å². The first kappa shape index (κ1) is 16.9. The predicted octanol–water partition coefficient (Wildman–Crippen LogP) is 2.31. The Morgan fingerprint density at radius 2 is 1.48 bits per heavy atom. The summed E-state index contributed by atoms with van der Waals surface area (Å²) in [5.41, 5.74) is 1.67. The maximum atomic E-state index is 11.7. The minimum absolute atomic E-state index is 0.106. The summed E-state index contributed by atoms with van der Waals surface area (Å²) in [5.74, 6) is 0. The molecule has 0 spiro atoms. The van der Waals surface area contributed by atoms with E-state index in [-0.39, 0.29) is 17.3 Å². The monoisotopic (exact) mass is 335 g/mol. The number of rotatable bonds is 7. The van der Waals surface area contributed by atoms with Gasteiger partial charge in [0.2, 0.25) is 0 Å². The van der Waals surface area contributed by atoms with E-state index < -0.39 is 0 Å². The zero-order chi connectivity index (χ0) is 17.5. The van der Waals surface area contributed by atoms with E-state index in [9.17, 15) is 9.59 Å². The van der Waals surface area contributed by atoms with Crippen molar-refractivity contribution in [3.05, 3.63) is 105 Å². The highest BCUT2D eigenvalue weighted by Gasteiger charge is 2.12.